The van der Waals surface area contributed by atoms with Crippen LogP contribution in [0.3, 0.4) is 0 Å². The Morgan fingerprint density at radius 3 is 2.64 bits per heavy atom. The topological polar surface area (TPSA) is 51.1 Å². The van der Waals surface area contributed by atoms with Crippen molar-refractivity contribution in [1.82, 2.24) is 4.90 Å². The number of hydrogen-bond donors (Lipinski definition) is 0. The molecule has 2 heterocycles. The summed E-state index contributed by atoms with van der Waals surface area (Å²) >= 11 is 0. The maximum absolute atomic E-state index is 10.7. The molecular weight excluding hydrogens is 316 g/mol. The summed E-state index contributed by atoms with van der Waals surface area (Å²) in [5, 5.41) is 1.71. The van der Waals surface area contributed by atoms with Crippen molar-refractivity contribution in [3.8, 4) is 0 Å². The van der Waals surface area contributed by atoms with Crippen molar-refractivity contribution >= 4 is 12.0 Å². The summed E-state index contributed by atoms with van der Waals surface area (Å²) < 4.78 is 11.2. The number of para-hydroxylation sites is 1. The largest absolute Gasteiger partial charge is 0.379 e. The third-order valence-corrected chi connectivity index (χ3v) is 4.86. The average molecular weight is 344 g/mol. The number of ether oxygens (including phenoxy) is 2. The molecule has 3 aliphatic rings. The number of amides is 1. The Bertz CT molecular complexity index is 607. The number of carbonyl (C=O) groups is 1. The van der Waals surface area contributed by atoms with Gasteiger partial charge in [-0.05, 0) is 18.9 Å². The summed E-state index contributed by atoms with van der Waals surface area (Å²) in [7, 11) is 0. The van der Waals surface area contributed by atoms with E-state index >= 15 is 0 Å². The highest BCUT2D eigenvalue weighted by molar-refractivity contribution is 6.06. The second-order valence-electron chi connectivity index (χ2n) is 6.74. The molecule has 0 aromatic heterocycles. The molecule has 1 saturated heterocycles. The van der Waals surface area contributed by atoms with E-state index in [1.807, 2.05) is 24.3 Å². The molecule has 0 bridgehead atoms. The molecule has 2 fully saturated rings. The Labute approximate surface area is 149 Å². The van der Waals surface area contributed by atoms with Crippen molar-refractivity contribution in [2.45, 2.75) is 38.2 Å². The molecule has 2 aliphatic heterocycles. The fourth-order valence-electron chi connectivity index (χ4n) is 3.40. The predicted molar refractivity (Wildman–Crippen MR) is 96.8 cm³/mol. The van der Waals surface area contributed by atoms with Crippen molar-refractivity contribution in [2.75, 3.05) is 39.5 Å². The minimum absolute atomic E-state index is 0.152. The Morgan fingerprint density at radius 2 is 1.88 bits per heavy atom. The van der Waals surface area contributed by atoms with E-state index in [0.717, 1.165) is 50.0 Å². The monoisotopic (exact) mass is 344 g/mol. The number of carbonyl (C=O) groups excluding carboxylic acids is 1. The Morgan fingerprint density at radius 1 is 1.12 bits per heavy atom. The second-order valence-corrected chi connectivity index (χ2v) is 6.74. The Kier molecular flexibility index (Phi) is 7.15. The van der Waals surface area contributed by atoms with Crippen molar-refractivity contribution in [1.29, 1.82) is 0 Å². The van der Waals surface area contributed by atoms with Gasteiger partial charge in [-0.1, -0.05) is 37.5 Å². The number of morpholine rings is 1. The van der Waals surface area contributed by atoms with E-state index in [1.165, 1.54) is 38.2 Å². The van der Waals surface area contributed by atoms with Crippen LogP contribution in [0, 0.1) is 0 Å². The highest BCUT2D eigenvalue weighted by atomic mass is 16.5. The van der Waals surface area contributed by atoms with Crippen LogP contribution in [-0.4, -0.2) is 56.4 Å². The van der Waals surface area contributed by atoms with Crippen molar-refractivity contribution in [3.05, 3.63) is 34.8 Å². The van der Waals surface area contributed by atoms with Gasteiger partial charge in [-0.15, -0.1) is 0 Å². The van der Waals surface area contributed by atoms with Crippen molar-refractivity contribution < 1.29 is 14.3 Å². The van der Waals surface area contributed by atoms with Gasteiger partial charge < -0.3 is 9.47 Å². The second kappa shape index (κ2) is 9.80. The molecule has 0 atom stereocenters. The predicted octanol–water partition coefficient (Wildman–Crippen LogP) is 1.29. The first-order chi connectivity index (χ1) is 12.3. The smallest absolute Gasteiger partial charge is 0.270 e. The lowest BCUT2D eigenvalue weighted by Gasteiger charge is -2.28. The molecule has 0 unspecified atom stereocenters. The third-order valence-electron chi connectivity index (χ3n) is 4.86. The maximum Gasteiger partial charge on any atom is 0.270 e. The summed E-state index contributed by atoms with van der Waals surface area (Å²) in [6.07, 6.45) is 8.79. The fourth-order valence-corrected chi connectivity index (χ4v) is 3.40. The van der Waals surface area contributed by atoms with Gasteiger partial charge in [0, 0.05) is 30.9 Å². The van der Waals surface area contributed by atoms with Crippen LogP contribution >= 0.6 is 0 Å². The van der Waals surface area contributed by atoms with Gasteiger partial charge in [0.25, 0.3) is 5.91 Å². The van der Waals surface area contributed by atoms with Crippen LogP contribution in [0.15, 0.2) is 29.3 Å². The summed E-state index contributed by atoms with van der Waals surface area (Å²) in [5.74, 6) is -0.152. The highest BCUT2D eigenvalue weighted by Gasteiger charge is 2.15. The number of hydrogen-bond acceptors (Lipinski definition) is 4. The zero-order chi connectivity index (χ0) is 17.3. The third kappa shape index (κ3) is 6.03. The van der Waals surface area contributed by atoms with Crippen LogP contribution in [0.5, 0.6) is 0 Å². The standard InChI is InChI=1S/C12H23NO2.C8H5NO/c1-2-4-12(5-3-1)15-11-8-13-6-9-14-10-7-13;10-8-5-6-3-1-2-4-7(6)9-8/h12H,1-11H2;1-5H. The van der Waals surface area contributed by atoms with Gasteiger partial charge in [0.05, 0.1) is 31.3 Å². The molecule has 25 heavy (non-hydrogen) atoms. The van der Waals surface area contributed by atoms with Gasteiger partial charge in [-0.3, -0.25) is 9.69 Å². The van der Waals surface area contributed by atoms with Crippen LogP contribution < -0.4 is 10.6 Å². The Hall–Kier alpha value is -1.56. The minimum Gasteiger partial charge on any atom is -0.379 e. The van der Waals surface area contributed by atoms with Crippen molar-refractivity contribution in [3.63, 3.8) is 0 Å². The molecule has 1 saturated carbocycles. The van der Waals surface area contributed by atoms with E-state index in [1.54, 1.807) is 0 Å². The molecule has 0 spiro atoms. The molecule has 4 rings (SSSR count). The number of benzene rings is 1. The first-order valence-electron chi connectivity index (χ1n) is 9.42. The summed E-state index contributed by atoms with van der Waals surface area (Å²) in [6.45, 7) is 5.93. The Balaban J connectivity index is 0.000000157. The lowest BCUT2D eigenvalue weighted by atomic mass is 9.98. The lowest BCUT2D eigenvalue weighted by Crippen LogP contribution is -2.38. The SMILES string of the molecule is C1CCC(OCCN2CCOCC2)CC1.O=C1C=c2ccccc2=N1. The molecule has 1 amide bonds. The zero-order valence-corrected chi connectivity index (χ0v) is 14.9. The minimum atomic E-state index is -0.152. The van der Waals surface area contributed by atoms with Gasteiger partial charge >= 0.3 is 0 Å². The van der Waals surface area contributed by atoms with Gasteiger partial charge in [-0.25, -0.2) is 4.99 Å². The fraction of sp³-hybridized carbons (Fsp3) is 0.600. The molecule has 0 N–H and O–H groups in total. The summed E-state index contributed by atoms with van der Waals surface area (Å²) in [4.78, 5) is 16.9. The van der Waals surface area contributed by atoms with E-state index in [4.69, 9.17) is 9.47 Å². The van der Waals surface area contributed by atoms with E-state index < -0.39 is 0 Å². The molecule has 1 aromatic carbocycles. The number of nitrogens with zero attached hydrogens (tertiary/aromatic N) is 2. The van der Waals surface area contributed by atoms with E-state index in [2.05, 4.69) is 9.89 Å². The molecule has 5 nitrogen and oxygen atoms in total. The lowest BCUT2D eigenvalue weighted by molar-refractivity contribution is -0.112. The molecule has 0 radical (unpaired) electrons. The average Bonchev–Trinajstić information content (AvgIpc) is 3.04. The van der Waals surface area contributed by atoms with Gasteiger partial charge in [0.1, 0.15) is 0 Å². The molecule has 136 valence electrons. The van der Waals surface area contributed by atoms with E-state index in [9.17, 15) is 4.79 Å². The maximum atomic E-state index is 10.7. The van der Waals surface area contributed by atoms with E-state index in [-0.39, 0.29) is 5.91 Å². The normalized spacial score (nSPS) is 20.9. The van der Waals surface area contributed by atoms with Crippen LogP contribution in [0.2, 0.25) is 0 Å². The molecule has 1 aliphatic carbocycles. The quantitative estimate of drug-likeness (QED) is 0.826. The number of rotatable bonds is 4. The number of fused-ring (bicyclic) bond motifs is 1. The van der Waals surface area contributed by atoms with Crippen molar-refractivity contribution in [2.24, 2.45) is 4.99 Å². The van der Waals surface area contributed by atoms with Gasteiger partial charge in [0.2, 0.25) is 0 Å². The molecule has 1 aromatic rings. The zero-order valence-electron chi connectivity index (χ0n) is 14.9. The van der Waals surface area contributed by atoms with Crippen LogP contribution in [0.1, 0.15) is 32.1 Å². The molecular formula is C20H28N2O3. The van der Waals surface area contributed by atoms with Gasteiger partial charge in [-0.2, -0.15) is 0 Å². The van der Waals surface area contributed by atoms with E-state index in [0.29, 0.717) is 6.10 Å². The summed E-state index contributed by atoms with van der Waals surface area (Å²) in [5.41, 5.74) is 0. The van der Waals surface area contributed by atoms with Crippen LogP contribution in [-0.2, 0) is 14.3 Å². The first-order valence-corrected chi connectivity index (χ1v) is 9.42. The highest BCUT2D eigenvalue weighted by Crippen LogP contribution is 2.20. The van der Waals surface area contributed by atoms with Gasteiger partial charge in [0.15, 0.2) is 0 Å². The van der Waals surface area contributed by atoms with Crippen LogP contribution in [0.25, 0.3) is 6.08 Å². The summed E-state index contributed by atoms with van der Waals surface area (Å²) in [6, 6.07) is 7.47. The van der Waals surface area contributed by atoms with Crippen LogP contribution in [0.4, 0.5) is 0 Å². The molecule has 5 heteroatoms. The first kappa shape index (κ1) is 18.2.